The highest BCUT2D eigenvalue weighted by atomic mass is 35.5. The SMILES string of the molecule is O=C(O)C[C@H](O)C[C@H](O)/C=C/C=C(c1ccc(Cl)cc1)c1ccc(Cl)cc1. The van der Waals surface area contributed by atoms with E-state index in [2.05, 4.69) is 0 Å². The van der Waals surface area contributed by atoms with Crippen molar-refractivity contribution in [3.8, 4) is 0 Å². The minimum atomic E-state index is -1.11. The molecular weight excluding hydrogens is 387 g/mol. The molecule has 142 valence electrons. The average molecular weight is 407 g/mol. The summed E-state index contributed by atoms with van der Waals surface area (Å²) in [5.41, 5.74) is 2.77. The molecule has 0 spiro atoms. The Bertz CT molecular complexity index is 764. The number of carboxylic acids is 1. The molecule has 0 fully saturated rings. The molecule has 2 rings (SSSR count). The fourth-order valence-electron chi connectivity index (χ4n) is 2.54. The molecule has 2 aromatic rings. The standard InChI is InChI=1S/C21H20Cl2O4/c22-16-8-4-14(5-9-16)20(15-6-10-17(23)11-7-15)3-1-2-18(24)12-19(25)13-21(26)27/h1-11,18-19,24-25H,12-13H2,(H,26,27)/b2-1+/t18-,19-/m1/s1. The topological polar surface area (TPSA) is 77.8 Å². The van der Waals surface area contributed by atoms with Crippen LogP contribution >= 0.6 is 23.2 Å². The van der Waals surface area contributed by atoms with Crippen LogP contribution in [0.4, 0.5) is 0 Å². The molecular formula is C21H20Cl2O4. The van der Waals surface area contributed by atoms with E-state index in [9.17, 15) is 15.0 Å². The van der Waals surface area contributed by atoms with Gasteiger partial charge in [-0.2, -0.15) is 0 Å². The highest BCUT2D eigenvalue weighted by Crippen LogP contribution is 2.26. The number of carboxylic acid groups (broad SMARTS) is 1. The van der Waals surface area contributed by atoms with Crippen LogP contribution in [0.3, 0.4) is 0 Å². The van der Waals surface area contributed by atoms with Gasteiger partial charge in [-0.05, 0) is 41.0 Å². The van der Waals surface area contributed by atoms with Crippen LogP contribution in [0.1, 0.15) is 24.0 Å². The second-order valence-corrected chi connectivity index (χ2v) is 6.91. The quantitative estimate of drug-likeness (QED) is 0.561. The largest absolute Gasteiger partial charge is 0.481 e. The number of aliphatic carboxylic acids is 1. The molecule has 0 saturated carbocycles. The molecule has 2 atom stereocenters. The first kappa shape index (κ1) is 21.2. The normalized spacial score (nSPS) is 13.3. The third-order valence-electron chi connectivity index (χ3n) is 3.83. The maximum absolute atomic E-state index is 10.6. The van der Waals surface area contributed by atoms with Crippen LogP contribution in [0, 0.1) is 0 Å². The molecule has 0 radical (unpaired) electrons. The molecule has 0 aliphatic heterocycles. The molecule has 0 aliphatic carbocycles. The third-order valence-corrected chi connectivity index (χ3v) is 4.33. The molecule has 4 nitrogen and oxygen atoms in total. The number of carbonyl (C=O) groups is 1. The second-order valence-electron chi connectivity index (χ2n) is 6.03. The number of halogens is 2. The summed E-state index contributed by atoms with van der Waals surface area (Å²) in [5.74, 6) is -1.11. The first-order valence-corrected chi connectivity index (χ1v) is 9.09. The average Bonchev–Trinajstić information content (AvgIpc) is 2.60. The minimum absolute atomic E-state index is 0.0478. The number of hydrogen-bond acceptors (Lipinski definition) is 3. The van der Waals surface area contributed by atoms with Crippen molar-refractivity contribution in [2.45, 2.75) is 25.0 Å². The smallest absolute Gasteiger partial charge is 0.305 e. The number of allylic oxidation sites excluding steroid dienone is 2. The van der Waals surface area contributed by atoms with Gasteiger partial charge in [0.1, 0.15) is 0 Å². The molecule has 0 amide bonds. The lowest BCUT2D eigenvalue weighted by molar-refractivity contribution is -0.139. The molecule has 0 saturated heterocycles. The first-order chi connectivity index (χ1) is 12.8. The Kier molecular flexibility index (Phi) is 8.07. The second kappa shape index (κ2) is 10.3. The Morgan fingerprint density at radius 2 is 1.41 bits per heavy atom. The van der Waals surface area contributed by atoms with Gasteiger partial charge in [0.05, 0.1) is 18.6 Å². The lowest BCUT2D eigenvalue weighted by Crippen LogP contribution is -2.19. The predicted molar refractivity (Wildman–Crippen MR) is 108 cm³/mol. The summed E-state index contributed by atoms with van der Waals surface area (Å²) in [6, 6.07) is 14.7. The predicted octanol–water partition coefficient (Wildman–Crippen LogP) is 4.57. The van der Waals surface area contributed by atoms with E-state index in [1.807, 2.05) is 30.3 Å². The number of aliphatic hydroxyl groups is 2. The van der Waals surface area contributed by atoms with Crippen LogP contribution in [0.5, 0.6) is 0 Å². The van der Waals surface area contributed by atoms with E-state index in [0.29, 0.717) is 10.0 Å². The van der Waals surface area contributed by atoms with Crippen LogP contribution in [0.25, 0.3) is 5.57 Å². The van der Waals surface area contributed by atoms with Crippen molar-refractivity contribution in [1.29, 1.82) is 0 Å². The molecule has 0 aromatic heterocycles. The Morgan fingerprint density at radius 1 is 0.926 bits per heavy atom. The molecule has 6 heteroatoms. The van der Waals surface area contributed by atoms with Gasteiger partial charge in [0.2, 0.25) is 0 Å². The van der Waals surface area contributed by atoms with Gasteiger partial charge in [0.25, 0.3) is 0 Å². The van der Waals surface area contributed by atoms with Crippen LogP contribution in [0.15, 0.2) is 66.8 Å². The Labute approximate surface area is 168 Å². The Morgan fingerprint density at radius 3 is 1.85 bits per heavy atom. The van der Waals surface area contributed by atoms with Gasteiger partial charge in [-0.15, -0.1) is 0 Å². The van der Waals surface area contributed by atoms with E-state index in [-0.39, 0.29) is 6.42 Å². The zero-order chi connectivity index (χ0) is 19.8. The monoisotopic (exact) mass is 406 g/mol. The molecule has 0 unspecified atom stereocenters. The van der Waals surface area contributed by atoms with Gasteiger partial charge in [-0.25, -0.2) is 0 Å². The van der Waals surface area contributed by atoms with Crippen molar-refractivity contribution in [1.82, 2.24) is 0 Å². The first-order valence-electron chi connectivity index (χ1n) is 8.33. The number of aliphatic hydroxyl groups excluding tert-OH is 2. The van der Waals surface area contributed by atoms with Crippen molar-refractivity contribution in [2.75, 3.05) is 0 Å². The molecule has 27 heavy (non-hydrogen) atoms. The van der Waals surface area contributed by atoms with Gasteiger partial charge in [-0.1, -0.05) is 65.7 Å². The van der Waals surface area contributed by atoms with Crippen LogP contribution in [-0.2, 0) is 4.79 Å². The van der Waals surface area contributed by atoms with Crippen LogP contribution in [0.2, 0.25) is 10.0 Å². The number of rotatable bonds is 8. The maximum atomic E-state index is 10.6. The highest BCUT2D eigenvalue weighted by molar-refractivity contribution is 6.31. The third kappa shape index (κ3) is 7.19. The summed E-state index contributed by atoms with van der Waals surface area (Å²) in [6.45, 7) is 0. The van der Waals surface area contributed by atoms with Gasteiger partial charge in [-0.3, -0.25) is 4.79 Å². The van der Waals surface area contributed by atoms with Crippen LogP contribution < -0.4 is 0 Å². The lowest BCUT2D eigenvalue weighted by Gasteiger charge is -2.11. The van der Waals surface area contributed by atoms with E-state index < -0.39 is 24.6 Å². The van der Waals surface area contributed by atoms with Crippen molar-refractivity contribution < 1.29 is 20.1 Å². The van der Waals surface area contributed by atoms with Crippen molar-refractivity contribution >= 4 is 34.7 Å². The van der Waals surface area contributed by atoms with E-state index in [1.54, 1.807) is 30.3 Å². The molecule has 2 aromatic carbocycles. The summed E-state index contributed by atoms with van der Waals surface area (Å²) in [7, 11) is 0. The molecule has 0 heterocycles. The van der Waals surface area contributed by atoms with Gasteiger partial charge in [0.15, 0.2) is 0 Å². The lowest BCUT2D eigenvalue weighted by atomic mass is 9.97. The summed E-state index contributed by atoms with van der Waals surface area (Å²) < 4.78 is 0. The Hall–Kier alpha value is -2.11. The summed E-state index contributed by atoms with van der Waals surface area (Å²) >= 11 is 11.9. The van der Waals surface area contributed by atoms with E-state index in [1.165, 1.54) is 6.08 Å². The van der Waals surface area contributed by atoms with E-state index >= 15 is 0 Å². The summed E-state index contributed by atoms with van der Waals surface area (Å²) in [4.78, 5) is 10.6. The van der Waals surface area contributed by atoms with Gasteiger partial charge >= 0.3 is 5.97 Å². The zero-order valence-electron chi connectivity index (χ0n) is 14.4. The van der Waals surface area contributed by atoms with Gasteiger partial charge in [0, 0.05) is 16.5 Å². The molecule has 3 N–H and O–H groups in total. The fraction of sp³-hybridized carbons (Fsp3) is 0.190. The van der Waals surface area contributed by atoms with Gasteiger partial charge < -0.3 is 15.3 Å². The zero-order valence-corrected chi connectivity index (χ0v) is 15.9. The van der Waals surface area contributed by atoms with E-state index in [0.717, 1.165) is 16.7 Å². The fourth-order valence-corrected chi connectivity index (χ4v) is 2.79. The van der Waals surface area contributed by atoms with E-state index in [4.69, 9.17) is 28.3 Å². The Balaban J connectivity index is 2.21. The highest BCUT2D eigenvalue weighted by Gasteiger charge is 2.13. The minimum Gasteiger partial charge on any atom is -0.481 e. The van der Waals surface area contributed by atoms with Crippen molar-refractivity contribution in [2.24, 2.45) is 0 Å². The number of benzene rings is 2. The number of hydrogen-bond donors (Lipinski definition) is 3. The van der Waals surface area contributed by atoms with Crippen LogP contribution in [-0.4, -0.2) is 33.5 Å². The summed E-state index contributed by atoms with van der Waals surface area (Å²) in [6.07, 6.45) is 2.52. The summed E-state index contributed by atoms with van der Waals surface area (Å²) in [5, 5.41) is 29.5. The van der Waals surface area contributed by atoms with Crippen molar-refractivity contribution in [3.63, 3.8) is 0 Å². The maximum Gasteiger partial charge on any atom is 0.305 e. The van der Waals surface area contributed by atoms with Crippen molar-refractivity contribution in [3.05, 3.63) is 87.9 Å². The molecule has 0 bridgehead atoms. The molecule has 0 aliphatic rings.